The van der Waals surface area contributed by atoms with Crippen molar-refractivity contribution in [3.05, 3.63) is 11.9 Å². The molecule has 114 valence electrons. The Kier molecular flexibility index (Phi) is 7.25. The van der Waals surface area contributed by atoms with Gasteiger partial charge < -0.3 is 20.3 Å². The van der Waals surface area contributed by atoms with E-state index >= 15 is 0 Å². The van der Waals surface area contributed by atoms with Crippen LogP contribution in [0.1, 0.15) is 26.6 Å². The number of nitrogens with one attached hydrogen (secondary N) is 2. The molecule has 1 aromatic heterocycles. The summed E-state index contributed by atoms with van der Waals surface area (Å²) in [6.07, 6.45) is 0. The van der Waals surface area contributed by atoms with Gasteiger partial charge in [-0.05, 0) is 34.9 Å². The molecular weight excluding hydrogens is 254 g/mol. The van der Waals surface area contributed by atoms with Crippen molar-refractivity contribution in [1.82, 2.24) is 14.9 Å². The number of ether oxygens (including phenoxy) is 1. The van der Waals surface area contributed by atoms with E-state index < -0.39 is 0 Å². The van der Waals surface area contributed by atoms with Gasteiger partial charge in [-0.25, -0.2) is 9.97 Å². The Morgan fingerprint density at radius 2 is 1.95 bits per heavy atom. The van der Waals surface area contributed by atoms with Crippen LogP contribution >= 0.6 is 0 Å². The average molecular weight is 281 g/mol. The zero-order chi connectivity index (χ0) is 15.0. The van der Waals surface area contributed by atoms with Crippen molar-refractivity contribution in [3.8, 4) is 0 Å². The highest BCUT2D eigenvalue weighted by Crippen LogP contribution is 2.13. The van der Waals surface area contributed by atoms with E-state index in [4.69, 9.17) is 4.74 Å². The van der Waals surface area contributed by atoms with Crippen molar-refractivity contribution in [2.75, 3.05) is 44.4 Å². The van der Waals surface area contributed by atoms with Crippen molar-refractivity contribution in [2.24, 2.45) is 0 Å². The van der Waals surface area contributed by atoms with Gasteiger partial charge >= 0.3 is 0 Å². The molecular formula is C14H27N5O. The van der Waals surface area contributed by atoms with E-state index in [1.807, 2.05) is 19.9 Å². The molecule has 0 aliphatic rings. The number of hydrogen-bond acceptors (Lipinski definition) is 6. The summed E-state index contributed by atoms with van der Waals surface area (Å²) in [4.78, 5) is 11.1. The van der Waals surface area contributed by atoms with Crippen LogP contribution in [-0.4, -0.2) is 54.7 Å². The Bertz CT molecular complexity index is 397. The third-order valence-electron chi connectivity index (χ3n) is 2.60. The summed E-state index contributed by atoms with van der Waals surface area (Å²) in [5, 5.41) is 6.62. The molecule has 20 heavy (non-hydrogen) atoms. The van der Waals surface area contributed by atoms with Gasteiger partial charge in [0.15, 0.2) is 5.82 Å². The van der Waals surface area contributed by atoms with Crippen molar-refractivity contribution in [3.63, 3.8) is 0 Å². The normalized spacial score (nSPS) is 12.5. The van der Waals surface area contributed by atoms with Gasteiger partial charge in [-0.15, -0.1) is 0 Å². The summed E-state index contributed by atoms with van der Waals surface area (Å²) >= 11 is 0. The minimum absolute atomic E-state index is 0.314. The SMILES string of the molecule is CCNc1cc(NC(C)CN(C)C)nc(COCC)n1. The van der Waals surface area contributed by atoms with Crippen LogP contribution in [0.2, 0.25) is 0 Å². The smallest absolute Gasteiger partial charge is 0.158 e. The summed E-state index contributed by atoms with van der Waals surface area (Å²) in [6.45, 7) is 9.02. The summed E-state index contributed by atoms with van der Waals surface area (Å²) in [5.41, 5.74) is 0. The summed E-state index contributed by atoms with van der Waals surface area (Å²) in [7, 11) is 4.12. The van der Waals surface area contributed by atoms with Crippen molar-refractivity contribution >= 4 is 11.6 Å². The first kappa shape index (κ1) is 16.7. The molecule has 0 bridgehead atoms. The van der Waals surface area contributed by atoms with Crippen LogP contribution < -0.4 is 10.6 Å². The second-order valence-electron chi connectivity index (χ2n) is 5.03. The second kappa shape index (κ2) is 8.71. The molecule has 0 aromatic carbocycles. The predicted molar refractivity (Wildman–Crippen MR) is 83.2 cm³/mol. The van der Waals surface area contributed by atoms with Crippen LogP contribution in [0.4, 0.5) is 11.6 Å². The number of nitrogens with zero attached hydrogens (tertiary/aromatic N) is 3. The fourth-order valence-electron chi connectivity index (χ4n) is 1.95. The second-order valence-corrected chi connectivity index (χ2v) is 5.03. The maximum atomic E-state index is 5.39. The molecule has 0 aliphatic carbocycles. The van der Waals surface area contributed by atoms with Gasteiger partial charge in [0.25, 0.3) is 0 Å². The number of aromatic nitrogens is 2. The Morgan fingerprint density at radius 1 is 1.25 bits per heavy atom. The van der Waals surface area contributed by atoms with E-state index in [0.717, 1.165) is 24.7 Å². The molecule has 1 rings (SSSR count). The fraction of sp³-hybridized carbons (Fsp3) is 0.714. The Labute approximate surface area is 121 Å². The van der Waals surface area contributed by atoms with Gasteiger partial charge in [-0.2, -0.15) is 0 Å². The Morgan fingerprint density at radius 3 is 2.55 bits per heavy atom. The van der Waals surface area contributed by atoms with E-state index in [9.17, 15) is 0 Å². The van der Waals surface area contributed by atoms with Crippen molar-refractivity contribution in [1.29, 1.82) is 0 Å². The standard InChI is InChI=1S/C14H27N5O/c1-6-15-12-8-13(16-11(3)9-19(4)5)18-14(17-12)10-20-7-2/h8,11H,6-7,9-10H2,1-5H3,(H2,15,16,17,18). The van der Waals surface area contributed by atoms with Gasteiger partial charge in [0, 0.05) is 31.8 Å². The highest BCUT2D eigenvalue weighted by molar-refractivity contribution is 5.48. The highest BCUT2D eigenvalue weighted by atomic mass is 16.5. The molecule has 0 saturated heterocycles. The lowest BCUT2D eigenvalue weighted by Gasteiger charge is -2.19. The first-order valence-corrected chi connectivity index (χ1v) is 7.16. The summed E-state index contributed by atoms with van der Waals surface area (Å²) < 4.78 is 5.39. The maximum absolute atomic E-state index is 5.39. The highest BCUT2D eigenvalue weighted by Gasteiger charge is 2.08. The molecule has 1 aromatic rings. The number of rotatable bonds is 9. The van der Waals surface area contributed by atoms with Crippen molar-refractivity contribution < 1.29 is 4.74 Å². The van der Waals surface area contributed by atoms with Gasteiger partial charge in [0.05, 0.1) is 0 Å². The molecule has 0 amide bonds. The average Bonchev–Trinajstić information content (AvgIpc) is 2.35. The van der Waals surface area contributed by atoms with Crippen molar-refractivity contribution in [2.45, 2.75) is 33.4 Å². The topological polar surface area (TPSA) is 62.3 Å². The van der Waals surface area contributed by atoms with Gasteiger partial charge in [0.1, 0.15) is 18.2 Å². The molecule has 0 spiro atoms. The Balaban J connectivity index is 2.79. The number of hydrogen-bond donors (Lipinski definition) is 2. The molecule has 1 heterocycles. The number of anilines is 2. The molecule has 0 fully saturated rings. The zero-order valence-corrected chi connectivity index (χ0v) is 13.2. The minimum Gasteiger partial charge on any atom is -0.374 e. The lowest BCUT2D eigenvalue weighted by atomic mass is 10.3. The molecule has 6 heteroatoms. The van der Waals surface area contributed by atoms with Gasteiger partial charge in [-0.1, -0.05) is 0 Å². The van der Waals surface area contributed by atoms with E-state index in [0.29, 0.717) is 25.1 Å². The zero-order valence-electron chi connectivity index (χ0n) is 13.2. The molecule has 0 saturated carbocycles. The summed E-state index contributed by atoms with van der Waals surface area (Å²) in [6, 6.07) is 2.25. The largest absolute Gasteiger partial charge is 0.374 e. The minimum atomic E-state index is 0.314. The fourth-order valence-corrected chi connectivity index (χ4v) is 1.95. The monoisotopic (exact) mass is 281 g/mol. The Hall–Kier alpha value is -1.40. The van der Waals surface area contributed by atoms with Crippen LogP contribution in [0.25, 0.3) is 0 Å². The third kappa shape index (κ3) is 6.16. The van der Waals surface area contributed by atoms with Gasteiger partial charge in [-0.3, -0.25) is 0 Å². The van der Waals surface area contributed by atoms with E-state index in [2.05, 4.69) is 46.5 Å². The van der Waals surface area contributed by atoms with Crippen LogP contribution in [0.5, 0.6) is 0 Å². The van der Waals surface area contributed by atoms with Gasteiger partial charge in [0.2, 0.25) is 0 Å². The maximum Gasteiger partial charge on any atom is 0.158 e. The molecule has 2 N–H and O–H groups in total. The van der Waals surface area contributed by atoms with E-state index in [1.165, 1.54) is 0 Å². The lowest BCUT2D eigenvalue weighted by Crippen LogP contribution is -2.30. The predicted octanol–water partition coefficient (Wildman–Crippen LogP) is 1.81. The summed E-state index contributed by atoms with van der Waals surface area (Å²) in [5.74, 6) is 2.36. The van der Waals surface area contributed by atoms with E-state index in [-0.39, 0.29) is 0 Å². The molecule has 6 nitrogen and oxygen atoms in total. The number of likely N-dealkylation sites (N-methyl/N-ethyl adjacent to an activating group) is 1. The quantitative estimate of drug-likeness (QED) is 0.720. The first-order valence-electron chi connectivity index (χ1n) is 7.16. The van der Waals surface area contributed by atoms with Crippen LogP contribution in [0.3, 0.4) is 0 Å². The molecule has 0 radical (unpaired) electrons. The van der Waals surface area contributed by atoms with Crippen LogP contribution in [0.15, 0.2) is 6.07 Å². The first-order chi connectivity index (χ1) is 9.55. The molecule has 1 atom stereocenters. The van der Waals surface area contributed by atoms with Crippen LogP contribution in [-0.2, 0) is 11.3 Å². The third-order valence-corrected chi connectivity index (χ3v) is 2.60. The molecule has 0 aliphatic heterocycles. The molecule has 1 unspecified atom stereocenters. The lowest BCUT2D eigenvalue weighted by molar-refractivity contribution is 0.128. The van der Waals surface area contributed by atoms with E-state index in [1.54, 1.807) is 0 Å². The van der Waals surface area contributed by atoms with Crippen LogP contribution in [0, 0.1) is 0 Å².